The van der Waals surface area contributed by atoms with Crippen molar-refractivity contribution in [3.8, 4) is 0 Å². The van der Waals surface area contributed by atoms with Gasteiger partial charge in [0.1, 0.15) is 5.76 Å². The molecule has 1 radical (unpaired) electrons. The fourth-order valence-corrected chi connectivity index (χ4v) is 0.344. The second-order valence-electron chi connectivity index (χ2n) is 1.21. The van der Waals surface area contributed by atoms with Crippen molar-refractivity contribution in [2.75, 3.05) is 0 Å². The first-order valence-electron chi connectivity index (χ1n) is 1.98. The Morgan fingerprint density at radius 2 is 2.43 bits per heavy atom. The van der Waals surface area contributed by atoms with Crippen molar-refractivity contribution in [3.05, 3.63) is 24.1 Å². The zero-order valence-electron chi connectivity index (χ0n) is 3.70. The molecule has 0 bridgehead atoms. The van der Waals surface area contributed by atoms with Gasteiger partial charge in [0.25, 0.3) is 0 Å². The van der Waals surface area contributed by atoms with Gasteiger partial charge in [-0.25, -0.2) is 0 Å². The average molecular weight is 95.1 g/mol. The van der Waals surface area contributed by atoms with Crippen molar-refractivity contribution in [2.24, 2.45) is 0 Å². The van der Waals surface area contributed by atoms with Crippen molar-refractivity contribution < 1.29 is 5.11 Å². The molecule has 0 unspecified atom stereocenters. The first-order chi connectivity index (χ1) is 3.39. The molecule has 0 spiro atoms. The molecule has 2 heteroatoms. The second-order valence-corrected chi connectivity index (χ2v) is 1.21. The molecule has 35 valence electrons. The summed E-state index contributed by atoms with van der Waals surface area (Å²) >= 11 is 0. The minimum absolute atomic E-state index is 0.259. The van der Waals surface area contributed by atoms with E-state index in [9.17, 15) is 0 Å². The summed E-state index contributed by atoms with van der Waals surface area (Å²) < 4.78 is 0. The quantitative estimate of drug-likeness (QED) is 0.463. The van der Waals surface area contributed by atoms with Gasteiger partial charge in [0.05, 0.1) is 17.1 Å². The molecular formula is C5H5NO+. The normalized spacial score (nSPS) is 16.9. The predicted molar refractivity (Wildman–Crippen MR) is 28.0 cm³/mol. The Kier molecular flexibility index (Phi) is 0.941. The van der Waals surface area contributed by atoms with Gasteiger partial charge < -0.3 is 5.11 Å². The monoisotopic (exact) mass is 95.0 g/mol. The number of aliphatic hydroxyl groups excluding tert-OH is 1. The highest BCUT2D eigenvalue weighted by Crippen LogP contribution is 1.88. The van der Waals surface area contributed by atoms with Gasteiger partial charge in [-0.3, -0.25) is 0 Å². The molecule has 0 amide bonds. The average Bonchev–Trinajstić information content (AvgIpc) is 1.69. The lowest BCUT2D eigenvalue weighted by Gasteiger charge is -1.80. The SMILES string of the molecule is OC1=CC=[N+]C=C1. The van der Waals surface area contributed by atoms with Crippen LogP contribution in [0.4, 0.5) is 0 Å². The number of nitrogens with zero attached hydrogens (tertiary/aromatic N) is 1. The zero-order valence-corrected chi connectivity index (χ0v) is 3.70. The lowest BCUT2D eigenvalue weighted by atomic mass is 10.4. The van der Waals surface area contributed by atoms with Crippen LogP contribution in [0.3, 0.4) is 0 Å². The molecule has 0 aromatic heterocycles. The van der Waals surface area contributed by atoms with Crippen molar-refractivity contribution >= 4 is 6.21 Å². The minimum Gasteiger partial charge on any atom is -0.507 e. The van der Waals surface area contributed by atoms with Gasteiger partial charge in [-0.15, -0.1) is 0 Å². The predicted octanol–water partition coefficient (Wildman–Crippen LogP) is 0.362. The number of hydrogen-bond donors (Lipinski definition) is 1. The number of hydrogen-bond acceptors (Lipinski definition) is 2. The molecular weight excluding hydrogens is 90.1 g/mol. The van der Waals surface area contributed by atoms with Crippen LogP contribution in [-0.4, -0.2) is 11.3 Å². The minimum atomic E-state index is 0.259. The van der Waals surface area contributed by atoms with E-state index < -0.39 is 0 Å². The Bertz CT molecular complexity index is 144. The van der Waals surface area contributed by atoms with Gasteiger partial charge in [0.2, 0.25) is 12.4 Å². The summed E-state index contributed by atoms with van der Waals surface area (Å²) in [7, 11) is 0. The van der Waals surface area contributed by atoms with E-state index >= 15 is 0 Å². The van der Waals surface area contributed by atoms with Gasteiger partial charge >= 0.3 is 0 Å². The van der Waals surface area contributed by atoms with Crippen LogP contribution in [0.15, 0.2) is 24.1 Å². The summed E-state index contributed by atoms with van der Waals surface area (Å²) in [6.45, 7) is 0. The highest BCUT2D eigenvalue weighted by molar-refractivity contribution is 5.72. The largest absolute Gasteiger partial charge is 0.507 e. The van der Waals surface area contributed by atoms with Crippen LogP contribution < -0.4 is 4.99 Å². The van der Waals surface area contributed by atoms with E-state index in [4.69, 9.17) is 5.11 Å². The fraction of sp³-hybridized carbons (Fsp3) is 0. The maximum absolute atomic E-state index is 8.59. The highest BCUT2D eigenvalue weighted by Gasteiger charge is 1.92. The van der Waals surface area contributed by atoms with Gasteiger partial charge in [-0.1, -0.05) is 0 Å². The van der Waals surface area contributed by atoms with E-state index in [0.29, 0.717) is 0 Å². The summed E-state index contributed by atoms with van der Waals surface area (Å²) in [6.07, 6.45) is 6.13. The standard InChI is InChI=1S/C5H5NO/c7-5-1-3-6-4-2-5/h1-4,7H/q+1. The molecule has 0 atom stereocenters. The molecule has 1 rings (SSSR count). The maximum Gasteiger partial charge on any atom is 0.245 e. The van der Waals surface area contributed by atoms with E-state index in [1.807, 2.05) is 0 Å². The highest BCUT2D eigenvalue weighted by atomic mass is 16.3. The third kappa shape index (κ3) is 0.892. The van der Waals surface area contributed by atoms with Crippen LogP contribution in [0.5, 0.6) is 0 Å². The number of rotatable bonds is 0. The Balaban J connectivity index is 2.82. The molecule has 1 heterocycles. The van der Waals surface area contributed by atoms with Crippen LogP contribution in [0.2, 0.25) is 0 Å². The summed E-state index contributed by atoms with van der Waals surface area (Å²) in [6, 6.07) is 0. The third-order valence-electron chi connectivity index (χ3n) is 0.663. The molecule has 0 saturated carbocycles. The van der Waals surface area contributed by atoms with Gasteiger partial charge in [-0.2, -0.15) is 0 Å². The molecule has 0 aromatic rings. The molecule has 1 aliphatic heterocycles. The number of aliphatic hydroxyl groups is 1. The molecule has 0 aromatic carbocycles. The van der Waals surface area contributed by atoms with Crippen LogP contribution in [0.25, 0.3) is 0 Å². The van der Waals surface area contributed by atoms with Crippen LogP contribution in [0, 0.1) is 0 Å². The Morgan fingerprint density at radius 3 is 2.71 bits per heavy atom. The van der Waals surface area contributed by atoms with Crippen LogP contribution >= 0.6 is 0 Å². The smallest absolute Gasteiger partial charge is 0.245 e. The Morgan fingerprint density at radius 1 is 1.57 bits per heavy atom. The molecule has 0 saturated heterocycles. The van der Waals surface area contributed by atoms with Crippen molar-refractivity contribution in [2.45, 2.75) is 0 Å². The topological polar surface area (TPSA) is 34.3 Å². The fourth-order valence-electron chi connectivity index (χ4n) is 0.344. The summed E-state index contributed by atoms with van der Waals surface area (Å²) in [5.41, 5.74) is 0. The molecule has 1 N–H and O–H groups in total. The van der Waals surface area contributed by atoms with E-state index in [1.165, 1.54) is 24.6 Å². The number of aliphatic imine (C=N–C) groups is 1. The van der Waals surface area contributed by atoms with Crippen LogP contribution in [-0.2, 0) is 0 Å². The van der Waals surface area contributed by atoms with E-state index in [2.05, 4.69) is 4.99 Å². The van der Waals surface area contributed by atoms with Gasteiger partial charge in [0.15, 0.2) is 0 Å². The molecule has 1 aliphatic rings. The Hall–Kier alpha value is -1.05. The van der Waals surface area contributed by atoms with E-state index in [-0.39, 0.29) is 5.76 Å². The molecule has 7 heavy (non-hydrogen) atoms. The summed E-state index contributed by atoms with van der Waals surface area (Å²) in [5, 5.41) is 8.59. The molecule has 0 aliphatic carbocycles. The Labute approximate surface area is 41.5 Å². The van der Waals surface area contributed by atoms with Crippen LogP contribution in [0.1, 0.15) is 0 Å². The molecule has 2 nitrogen and oxygen atoms in total. The zero-order chi connectivity index (χ0) is 5.11. The van der Waals surface area contributed by atoms with Crippen molar-refractivity contribution in [3.63, 3.8) is 0 Å². The first-order valence-corrected chi connectivity index (χ1v) is 1.98. The van der Waals surface area contributed by atoms with Gasteiger partial charge in [0, 0.05) is 0 Å². The van der Waals surface area contributed by atoms with Crippen molar-refractivity contribution in [1.29, 1.82) is 0 Å². The van der Waals surface area contributed by atoms with Gasteiger partial charge in [-0.05, 0) is 0 Å². The lowest BCUT2D eigenvalue weighted by Crippen LogP contribution is -1.87. The van der Waals surface area contributed by atoms with E-state index in [0.717, 1.165) is 0 Å². The second kappa shape index (κ2) is 1.60. The maximum atomic E-state index is 8.59. The third-order valence-corrected chi connectivity index (χ3v) is 0.663. The number of allylic oxidation sites excluding steroid dienone is 2. The van der Waals surface area contributed by atoms with Crippen molar-refractivity contribution in [1.82, 2.24) is 4.99 Å². The summed E-state index contributed by atoms with van der Waals surface area (Å²) in [4.78, 5) is 3.69. The van der Waals surface area contributed by atoms with E-state index in [1.54, 1.807) is 0 Å². The summed E-state index contributed by atoms with van der Waals surface area (Å²) in [5.74, 6) is 0.259. The molecule has 0 fully saturated rings. The first kappa shape index (κ1) is 4.12. The lowest BCUT2D eigenvalue weighted by molar-refractivity contribution is 0.432.